The predicted molar refractivity (Wildman–Crippen MR) is 85.9 cm³/mol. The molecule has 114 valence electrons. The van der Waals surface area contributed by atoms with Gasteiger partial charge < -0.3 is 4.90 Å². The summed E-state index contributed by atoms with van der Waals surface area (Å²) in [5.41, 5.74) is 1.55. The summed E-state index contributed by atoms with van der Waals surface area (Å²) in [6, 6.07) is 10.6. The Kier molecular flexibility index (Phi) is 4.12. The SMILES string of the molecule is C[C@@H]1C[C@H](c2ccccc2)[C@@H](C)N1C(=O)c1ncncc1Cl. The topological polar surface area (TPSA) is 46.1 Å². The summed E-state index contributed by atoms with van der Waals surface area (Å²) in [6.45, 7) is 4.17. The number of rotatable bonds is 2. The van der Waals surface area contributed by atoms with Gasteiger partial charge in [0.2, 0.25) is 0 Å². The van der Waals surface area contributed by atoms with Crippen molar-refractivity contribution in [3.63, 3.8) is 0 Å². The number of amides is 1. The van der Waals surface area contributed by atoms with E-state index in [4.69, 9.17) is 11.6 Å². The van der Waals surface area contributed by atoms with E-state index in [1.807, 2.05) is 23.1 Å². The lowest BCUT2D eigenvalue weighted by Gasteiger charge is -2.27. The Morgan fingerprint density at radius 2 is 2.00 bits per heavy atom. The molecule has 2 aromatic rings. The molecule has 0 aliphatic carbocycles. The van der Waals surface area contributed by atoms with E-state index in [2.05, 4.69) is 35.9 Å². The van der Waals surface area contributed by atoms with Crippen LogP contribution in [0, 0.1) is 0 Å². The minimum Gasteiger partial charge on any atom is -0.331 e. The van der Waals surface area contributed by atoms with Crippen LogP contribution in [0.4, 0.5) is 0 Å². The second kappa shape index (κ2) is 6.05. The van der Waals surface area contributed by atoms with Crippen LogP contribution in [0.2, 0.25) is 5.02 Å². The van der Waals surface area contributed by atoms with Crippen LogP contribution >= 0.6 is 11.6 Å². The van der Waals surface area contributed by atoms with Gasteiger partial charge in [0, 0.05) is 24.2 Å². The van der Waals surface area contributed by atoms with Crippen LogP contribution in [0.15, 0.2) is 42.9 Å². The molecule has 1 fully saturated rings. The molecule has 0 N–H and O–H groups in total. The Morgan fingerprint density at radius 3 is 2.68 bits per heavy atom. The molecule has 0 radical (unpaired) electrons. The number of halogens is 1. The van der Waals surface area contributed by atoms with E-state index in [0.717, 1.165) is 6.42 Å². The monoisotopic (exact) mass is 315 g/mol. The number of benzene rings is 1. The first kappa shape index (κ1) is 15.0. The van der Waals surface area contributed by atoms with Gasteiger partial charge in [-0.2, -0.15) is 0 Å². The molecule has 0 bridgehead atoms. The largest absolute Gasteiger partial charge is 0.331 e. The lowest BCUT2D eigenvalue weighted by Crippen LogP contribution is -2.40. The standard InChI is InChI=1S/C17H18ClN3O/c1-11-8-14(13-6-4-3-5-7-13)12(2)21(11)17(22)16-15(18)9-19-10-20-16/h3-7,9-12,14H,8H2,1-2H3/t11-,12-,14+/m1/s1. The van der Waals surface area contributed by atoms with Gasteiger partial charge in [-0.05, 0) is 25.8 Å². The lowest BCUT2D eigenvalue weighted by atomic mass is 9.92. The molecule has 0 saturated carbocycles. The van der Waals surface area contributed by atoms with Crippen LogP contribution in [0.25, 0.3) is 0 Å². The van der Waals surface area contributed by atoms with Gasteiger partial charge in [0.25, 0.3) is 5.91 Å². The molecule has 1 aliphatic rings. The molecule has 4 nitrogen and oxygen atoms in total. The van der Waals surface area contributed by atoms with Crippen LogP contribution in [0.3, 0.4) is 0 Å². The fourth-order valence-electron chi connectivity index (χ4n) is 3.37. The second-order valence-electron chi connectivity index (χ2n) is 5.77. The van der Waals surface area contributed by atoms with E-state index in [9.17, 15) is 4.79 Å². The van der Waals surface area contributed by atoms with Gasteiger partial charge >= 0.3 is 0 Å². The molecule has 0 unspecified atom stereocenters. The van der Waals surface area contributed by atoms with Crippen LogP contribution in [-0.4, -0.2) is 32.9 Å². The maximum absolute atomic E-state index is 12.8. The number of nitrogens with zero attached hydrogens (tertiary/aromatic N) is 3. The number of likely N-dealkylation sites (tertiary alicyclic amines) is 1. The number of carbonyl (C=O) groups excluding carboxylic acids is 1. The van der Waals surface area contributed by atoms with Crippen molar-refractivity contribution in [3.8, 4) is 0 Å². The van der Waals surface area contributed by atoms with Gasteiger partial charge in [0.1, 0.15) is 12.0 Å². The second-order valence-corrected chi connectivity index (χ2v) is 6.18. The van der Waals surface area contributed by atoms with Gasteiger partial charge in [0.05, 0.1) is 5.02 Å². The average Bonchev–Trinajstić information content (AvgIpc) is 2.83. The van der Waals surface area contributed by atoms with Gasteiger partial charge in [-0.15, -0.1) is 0 Å². The number of carbonyl (C=O) groups is 1. The molecular weight excluding hydrogens is 298 g/mol. The number of hydrogen-bond donors (Lipinski definition) is 0. The summed E-state index contributed by atoms with van der Waals surface area (Å²) in [5, 5.41) is 0.301. The normalized spacial score (nSPS) is 24.5. The van der Waals surface area contributed by atoms with E-state index in [1.54, 1.807) is 0 Å². The minimum absolute atomic E-state index is 0.107. The van der Waals surface area contributed by atoms with E-state index >= 15 is 0 Å². The highest BCUT2D eigenvalue weighted by atomic mass is 35.5. The Balaban J connectivity index is 1.89. The van der Waals surface area contributed by atoms with E-state index < -0.39 is 0 Å². The Bertz CT molecular complexity index is 677. The van der Waals surface area contributed by atoms with E-state index in [0.29, 0.717) is 10.9 Å². The van der Waals surface area contributed by atoms with Crippen LogP contribution < -0.4 is 0 Å². The zero-order valence-corrected chi connectivity index (χ0v) is 13.4. The predicted octanol–water partition coefficient (Wildman–Crippen LogP) is 3.54. The summed E-state index contributed by atoms with van der Waals surface area (Å²) in [5.74, 6) is 0.214. The van der Waals surface area contributed by atoms with Gasteiger partial charge in [0.15, 0.2) is 0 Å². The summed E-state index contributed by atoms with van der Waals surface area (Å²) < 4.78 is 0. The highest BCUT2D eigenvalue weighted by molar-refractivity contribution is 6.33. The molecular formula is C17H18ClN3O. The van der Waals surface area contributed by atoms with Crippen molar-refractivity contribution in [2.75, 3.05) is 0 Å². The molecule has 1 saturated heterocycles. The van der Waals surface area contributed by atoms with Gasteiger partial charge in [-0.3, -0.25) is 4.79 Å². The van der Waals surface area contributed by atoms with Crippen molar-refractivity contribution in [3.05, 3.63) is 59.1 Å². The Labute approximate surface area is 135 Å². The first-order chi connectivity index (χ1) is 10.6. The van der Waals surface area contributed by atoms with E-state index in [1.165, 1.54) is 18.1 Å². The van der Waals surface area contributed by atoms with Crippen LogP contribution in [0.1, 0.15) is 42.2 Å². The molecule has 22 heavy (non-hydrogen) atoms. The fourth-order valence-corrected chi connectivity index (χ4v) is 3.55. The van der Waals surface area contributed by atoms with Gasteiger partial charge in [-0.1, -0.05) is 41.9 Å². The van der Waals surface area contributed by atoms with Crippen molar-refractivity contribution >= 4 is 17.5 Å². The van der Waals surface area contributed by atoms with Gasteiger partial charge in [-0.25, -0.2) is 9.97 Å². The summed E-state index contributed by atoms with van der Waals surface area (Å²) >= 11 is 6.07. The maximum atomic E-state index is 12.8. The minimum atomic E-state index is -0.120. The third-order valence-corrected chi connectivity index (χ3v) is 4.70. The Morgan fingerprint density at radius 1 is 1.27 bits per heavy atom. The van der Waals surface area contributed by atoms with Crippen LogP contribution in [-0.2, 0) is 0 Å². The molecule has 3 atom stereocenters. The Hall–Kier alpha value is -1.94. The molecule has 2 heterocycles. The summed E-state index contributed by atoms with van der Waals surface area (Å²) in [7, 11) is 0. The highest BCUT2D eigenvalue weighted by Gasteiger charge is 2.40. The smallest absolute Gasteiger partial charge is 0.274 e. The van der Waals surface area contributed by atoms with Crippen molar-refractivity contribution < 1.29 is 4.79 Å². The third kappa shape index (κ3) is 2.59. The molecule has 1 aliphatic heterocycles. The summed E-state index contributed by atoms with van der Waals surface area (Å²) in [4.78, 5) is 22.6. The third-order valence-electron chi connectivity index (χ3n) is 4.42. The number of aromatic nitrogens is 2. The maximum Gasteiger partial charge on any atom is 0.274 e. The zero-order valence-electron chi connectivity index (χ0n) is 12.6. The molecule has 1 amide bonds. The van der Waals surface area contributed by atoms with Crippen LogP contribution in [0.5, 0.6) is 0 Å². The lowest BCUT2D eigenvalue weighted by molar-refractivity contribution is 0.0682. The van der Waals surface area contributed by atoms with Crippen molar-refractivity contribution in [2.24, 2.45) is 0 Å². The zero-order chi connectivity index (χ0) is 15.7. The molecule has 1 aromatic heterocycles. The first-order valence-corrected chi connectivity index (χ1v) is 7.80. The van der Waals surface area contributed by atoms with Crippen molar-refractivity contribution in [2.45, 2.75) is 38.3 Å². The highest BCUT2D eigenvalue weighted by Crippen LogP contribution is 2.38. The molecule has 5 heteroatoms. The molecule has 3 rings (SSSR count). The fraction of sp³-hybridized carbons (Fsp3) is 0.353. The van der Waals surface area contributed by atoms with Crippen molar-refractivity contribution in [1.82, 2.24) is 14.9 Å². The van der Waals surface area contributed by atoms with E-state index in [-0.39, 0.29) is 23.7 Å². The molecule has 0 spiro atoms. The number of hydrogen-bond acceptors (Lipinski definition) is 3. The molecule has 1 aromatic carbocycles. The summed E-state index contributed by atoms with van der Waals surface area (Å²) in [6.07, 6.45) is 3.76. The van der Waals surface area contributed by atoms with Crippen molar-refractivity contribution in [1.29, 1.82) is 0 Å². The first-order valence-electron chi connectivity index (χ1n) is 7.42. The quantitative estimate of drug-likeness (QED) is 0.851. The average molecular weight is 316 g/mol.